The molecular formula is C27H27N9O4S2. The van der Waals surface area contributed by atoms with Gasteiger partial charge < -0.3 is 15.4 Å². The number of piperidine rings is 1. The first-order valence-corrected chi connectivity index (χ1v) is 16.1. The van der Waals surface area contributed by atoms with Crippen LogP contribution in [0, 0.1) is 0 Å². The number of hydrogen-bond donors (Lipinski definition) is 2. The standard InChI is InChI=1S/C27H27N9O4S2/c1-40-21-8-7-20(41-21)19-6-3-14(11-29-19)18-12-32-36-24(28)23(42(2,38)39)22(33-26(18)36)15-9-16-4-5-17(10-15)35(16)27(37)25-30-13-31-34-25/h3,6-8,11-13,15-17H,4-5,9-10,28H2,1-2H3,(H,30,31,34)/t15?,16-,17+. The van der Waals surface area contributed by atoms with Crippen molar-refractivity contribution in [2.24, 2.45) is 0 Å². The number of sulfone groups is 1. The largest absolute Gasteiger partial charge is 0.487 e. The number of nitrogens with zero attached hydrogens (tertiary/aromatic N) is 7. The maximum Gasteiger partial charge on any atom is 0.291 e. The first-order valence-electron chi connectivity index (χ1n) is 13.4. The minimum Gasteiger partial charge on any atom is -0.487 e. The number of carbonyl (C=O) groups is 1. The van der Waals surface area contributed by atoms with Gasteiger partial charge in [-0.15, -0.1) is 0 Å². The predicted octanol–water partition coefficient (Wildman–Crippen LogP) is 3.18. The summed E-state index contributed by atoms with van der Waals surface area (Å²) in [5.41, 5.74) is 9.65. The molecule has 3 atom stereocenters. The Bertz CT molecular complexity index is 1900. The Labute approximate surface area is 244 Å². The lowest BCUT2D eigenvalue weighted by Gasteiger charge is -2.38. The van der Waals surface area contributed by atoms with Gasteiger partial charge in [-0.3, -0.25) is 14.9 Å². The zero-order chi connectivity index (χ0) is 29.2. The van der Waals surface area contributed by atoms with Crippen LogP contribution in [-0.2, 0) is 9.84 Å². The maximum atomic E-state index is 13.2. The highest BCUT2D eigenvalue weighted by Gasteiger charge is 2.46. The van der Waals surface area contributed by atoms with Gasteiger partial charge in [-0.2, -0.15) is 14.7 Å². The number of hydrogen-bond acceptors (Lipinski definition) is 11. The monoisotopic (exact) mass is 605 g/mol. The van der Waals surface area contributed by atoms with Gasteiger partial charge >= 0.3 is 0 Å². The molecular weight excluding hydrogens is 578 g/mol. The molecule has 0 radical (unpaired) electrons. The second kappa shape index (κ2) is 9.87. The van der Waals surface area contributed by atoms with Crippen molar-refractivity contribution in [3.63, 3.8) is 0 Å². The van der Waals surface area contributed by atoms with Crippen molar-refractivity contribution in [1.82, 2.24) is 39.7 Å². The van der Waals surface area contributed by atoms with Crippen LogP contribution in [0.5, 0.6) is 5.06 Å². The molecule has 5 aromatic heterocycles. The number of pyridine rings is 1. The van der Waals surface area contributed by atoms with Gasteiger partial charge in [-0.05, 0) is 43.9 Å². The minimum absolute atomic E-state index is 0.0100. The molecule has 3 N–H and O–H groups in total. The number of aromatic amines is 1. The number of nitrogens with two attached hydrogens (primary N) is 1. The molecule has 7 rings (SSSR count). The van der Waals surface area contributed by atoms with E-state index in [9.17, 15) is 13.2 Å². The number of amides is 1. The number of anilines is 1. The first-order chi connectivity index (χ1) is 20.2. The third-order valence-corrected chi connectivity index (χ3v) is 10.3. The molecule has 5 aromatic rings. The molecule has 13 nitrogen and oxygen atoms in total. The molecule has 0 saturated carbocycles. The van der Waals surface area contributed by atoms with Gasteiger partial charge in [-0.25, -0.2) is 18.4 Å². The van der Waals surface area contributed by atoms with Crippen LogP contribution >= 0.6 is 11.3 Å². The Balaban J connectivity index is 1.27. The van der Waals surface area contributed by atoms with E-state index >= 15 is 0 Å². The molecule has 0 aromatic carbocycles. The molecule has 0 spiro atoms. The third kappa shape index (κ3) is 4.30. The fourth-order valence-electron chi connectivity index (χ4n) is 6.31. The molecule has 2 saturated heterocycles. The van der Waals surface area contributed by atoms with Crippen LogP contribution in [0.15, 0.2) is 47.9 Å². The highest BCUT2D eigenvalue weighted by Crippen LogP contribution is 2.45. The van der Waals surface area contributed by atoms with Gasteiger partial charge in [0, 0.05) is 41.6 Å². The predicted molar refractivity (Wildman–Crippen MR) is 155 cm³/mol. The van der Waals surface area contributed by atoms with Crippen molar-refractivity contribution in [3.05, 3.63) is 54.5 Å². The first kappa shape index (κ1) is 26.5. The van der Waals surface area contributed by atoms with Crippen molar-refractivity contribution in [2.75, 3.05) is 19.1 Å². The fraction of sp³-hybridized carbons (Fsp3) is 0.333. The number of aromatic nitrogens is 7. The Morgan fingerprint density at radius 2 is 1.90 bits per heavy atom. The number of fused-ring (bicyclic) bond motifs is 3. The van der Waals surface area contributed by atoms with E-state index in [1.165, 1.54) is 22.2 Å². The van der Waals surface area contributed by atoms with Gasteiger partial charge in [0.15, 0.2) is 20.5 Å². The minimum atomic E-state index is -3.75. The van der Waals surface area contributed by atoms with Crippen molar-refractivity contribution in [2.45, 2.75) is 48.6 Å². The summed E-state index contributed by atoms with van der Waals surface area (Å²) in [6.07, 6.45) is 8.58. The van der Waals surface area contributed by atoms with Crippen LogP contribution in [-0.4, -0.2) is 79.4 Å². The molecule has 2 bridgehead atoms. The molecule has 2 aliphatic heterocycles. The summed E-state index contributed by atoms with van der Waals surface area (Å²) in [7, 11) is -2.12. The second-order valence-corrected chi connectivity index (χ2v) is 13.6. The van der Waals surface area contributed by atoms with Gasteiger partial charge in [0.2, 0.25) is 5.82 Å². The van der Waals surface area contributed by atoms with E-state index in [1.807, 2.05) is 29.2 Å². The van der Waals surface area contributed by atoms with E-state index in [4.69, 9.17) is 15.5 Å². The van der Waals surface area contributed by atoms with E-state index in [-0.39, 0.29) is 40.4 Å². The van der Waals surface area contributed by atoms with Gasteiger partial charge in [0.05, 0.1) is 29.6 Å². The summed E-state index contributed by atoms with van der Waals surface area (Å²) in [6, 6.07) is 7.55. The van der Waals surface area contributed by atoms with Crippen LogP contribution < -0.4 is 10.5 Å². The van der Waals surface area contributed by atoms with E-state index in [0.717, 1.165) is 40.3 Å². The Kier molecular flexibility index (Phi) is 6.23. The van der Waals surface area contributed by atoms with Gasteiger partial charge in [0.25, 0.3) is 5.91 Å². The van der Waals surface area contributed by atoms with Crippen LogP contribution in [0.2, 0.25) is 0 Å². The van der Waals surface area contributed by atoms with Gasteiger partial charge in [0.1, 0.15) is 17.0 Å². The zero-order valence-corrected chi connectivity index (χ0v) is 24.4. The lowest BCUT2D eigenvalue weighted by Crippen LogP contribution is -2.46. The van der Waals surface area contributed by atoms with Crippen LogP contribution in [0.1, 0.15) is 47.9 Å². The van der Waals surface area contributed by atoms with Crippen LogP contribution in [0.4, 0.5) is 5.82 Å². The second-order valence-electron chi connectivity index (χ2n) is 10.6. The molecule has 2 aliphatic rings. The third-order valence-electron chi connectivity index (χ3n) is 8.12. The number of thiophene rings is 1. The van der Waals surface area contributed by atoms with Crippen molar-refractivity contribution >= 4 is 38.5 Å². The smallest absolute Gasteiger partial charge is 0.291 e. The zero-order valence-electron chi connectivity index (χ0n) is 22.8. The molecule has 15 heteroatoms. The Morgan fingerprint density at radius 1 is 1.12 bits per heavy atom. The molecule has 0 aliphatic carbocycles. The molecule has 42 heavy (non-hydrogen) atoms. The highest BCUT2D eigenvalue weighted by molar-refractivity contribution is 7.91. The number of nitrogens with one attached hydrogen (secondary N) is 1. The molecule has 1 amide bonds. The normalized spacial score (nSPS) is 20.3. The summed E-state index contributed by atoms with van der Waals surface area (Å²) in [5.74, 6) is -0.186. The lowest BCUT2D eigenvalue weighted by atomic mass is 9.87. The average Bonchev–Trinajstić information content (AvgIpc) is 3.78. The molecule has 7 heterocycles. The fourth-order valence-corrected chi connectivity index (χ4v) is 8.16. The van der Waals surface area contributed by atoms with Crippen molar-refractivity contribution < 1.29 is 17.9 Å². The van der Waals surface area contributed by atoms with Crippen LogP contribution in [0.25, 0.3) is 27.3 Å². The maximum absolute atomic E-state index is 13.2. The average molecular weight is 606 g/mol. The van der Waals surface area contributed by atoms with Crippen molar-refractivity contribution in [3.8, 4) is 26.8 Å². The number of ether oxygens (including phenoxy) is 1. The number of rotatable bonds is 6. The SMILES string of the molecule is COc1ccc(-c2ccc(-c3cnn4c(N)c(S(C)(=O)=O)c(C5C[C@H]6CC[C@@H](C5)N6C(=O)c5ncn[nH]5)nc34)cn2)s1. The quantitative estimate of drug-likeness (QED) is 0.292. The van der Waals surface area contributed by atoms with E-state index < -0.39 is 9.84 Å². The lowest BCUT2D eigenvalue weighted by molar-refractivity contribution is 0.0556. The summed E-state index contributed by atoms with van der Waals surface area (Å²) < 4.78 is 32.8. The number of H-pyrrole nitrogens is 1. The summed E-state index contributed by atoms with van der Waals surface area (Å²) in [5, 5.41) is 11.7. The van der Waals surface area contributed by atoms with E-state index in [2.05, 4.69) is 25.3 Å². The summed E-state index contributed by atoms with van der Waals surface area (Å²) in [6.45, 7) is 0. The summed E-state index contributed by atoms with van der Waals surface area (Å²) in [4.78, 5) is 29.6. The Morgan fingerprint density at radius 3 is 2.52 bits per heavy atom. The number of methoxy groups -OCH3 is 1. The van der Waals surface area contributed by atoms with E-state index in [0.29, 0.717) is 29.7 Å². The topological polar surface area (TPSA) is 174 Å². The highest BCUT2D eigenvalue weighted by atomic mass is 32.2. The number of nitrogen functional groups attached to an aromatic ring is 1. The van der Waals surface area contributed by atoms with Crippen molar-refractivity contribution in [1.29, 1.82) is 0 Å². The number of carbonyl (C=O) groups excluding carboxylic acids is 1. The Hall–Kier alpha value is -4.37. The molecule has 2 fully saturated rings. The van der Waals surface area contributed by atoms with E-state index in [1.54, 1.807) is 19.5 Å². The molecule has 1 unspecified atom stereocenters. The summed E-state index contributed by atoms with van der Waals surface area (Å²) >= 11 is 1.50. The van der Waals surface area contributed by atoms with Crippen LogP contribution in [0.3, 0.4) is 0 Å². The molecule has 216 valence electrons. The van der Waals surface area contributed by atoms with Gasteiger partial charge in [-0.1, -0.05) is 17.4 Å².